The molecule has 0 bridgehead atoms. The fraction of sp³-hybridized carbons (Fsp3) is 0.647. The van der Waals surface area contributed by atoms with E-state index < -0.39 is 0 Å². The lowest BCUT2D eigenvalue weighted by Gasteiger charge is -2.33. The van der Waals surface area contributed by atoms with Crippen molar-refractivity contribution < 1.29 is 9.47 Å². The van der Waals surface area contributed by atoms with Crippen molar-refractivity contribution in [1.82, 2.24) is 4.90 Å². The number of benzene rings is 1. The van der Waals surface area contributed by atoms with Gasteiger partial charge in [0.1, 0.15) is 0 Å². The molecular formula is C17H30N2O2. The summed E-state index contributed by atoms with van der Waals surface area (Å²) in [6, 6.07) is 10.7. The molecule has 0 aromatic heterocycles. The van der Waals surface area contributed by atoms with Gasteiger partial charge in [0.05, 0.1) is 13.2 Å². The summed E-state index contributed by atoms with van der Waals surface area (Å²) in [6.07, 6.45) is 0. The smallest absolute Gasteiger partial charge is 0.0615 e. The Balaban J connectivity index is 2.63. The second-order valence-corrected chi connectivity index (χ2v) is 5.71. The van der Waals surface area contributed by atoms with E-state index in [9.17, 15) is 0 Å². The van der Waals surface area contributed by atoms with Crippen LogP contribution in [0.2, 0.25) is 0 Å². The van der Waals surface area contributed by atoms with Gasteiger partial charge in [-0.2, -0.15) is 0 Å². The highest BCUT2D eigenvalue weighted by molar-refractivity contribution is 5.19. The van der Waals surface area contributed by atoms with Crippen molar-refractivity contribution in [1.29, 1.82) is 0 Å². The second kappa shape index (κ2) is 9.90. The molecule has 1 aromatic carbocycles. The molecule has 1 aromatic rings. The van der Waals surface area contributed by atoms with E-state index in [4.69, 9.17) is 15.2 Å². The summed E-state index contributed by atoms with van der Waals surface area (Å²) >= 11 is 0. The van der Waals surface area contributed by atoms with Crippen molar-refractivity contribution in [3.8, 4) is 0 Å². The highest BCUT2D eigenvalue weighted by Crippen LogP contribution is 2.20. The Morgan fingerprint density at radius 1 is 1.10 bits per heavy atom. The Bertz CT molecular complexity index is 372. The molecule has 0 fully saturated rings. The van der Waals surface area contributed by atoms with Gasteiger partial charge < -0.3 is 15.2 Å². The first-order chi connectivity index (χ1) is 10.1. The molecule has 0 amide bonds. The molecule has 0 saturated carbocycles. The summed E-state index contributed by atoms with van der Waals surface area (Å²) in [4.78, 5) is 2.39. The third kappa shape index (κ3) is 6.14. The number of hydrogen-bond acceptors (Lipinski definition) is 4. The van der Waals surface area contributed by atoms with Crippen LogP contribution >= 0.6 is 0 Å². The fourth-order valence-electron chi connectivity index (χ4n) is 2.53. The maximum absolute atomic E-state index is 6.40. The molecule has 0 aliphatic heterocycles. The number of nitrogens with two attached hydrogens (primary N) is 1. The topological polar surface area (TPSA) is 47.7 Å². The van der Waals surface area contributed by atoms with Gasteiger partial charge in [-0.3, -0.25) is 4.90 Å². The lowest BCUT2D eigenvalue weighted by Crippen LogP contribution is -2.43. The summed E-state index contributed by atoms with van der Waals surface area (Å²) in [5, 5.41) is 0. The first-order valence-electron chi connectivity index (χ1n) is 7.62. The Morgan fingerprint density at radius 2 is 1.76 bits per heavy atom. The third-order valence-electron chi connectivity index (χ3n) is 3.93. The van der Waals surface area contributed by atoms with Crippen molar-refractivity contribution >= 4 is 0 Å². The molecule has 0 aliphatic carbocycles. The highest BCUT2D eigenvalue weighted by atomic mass is 16.5. The van der Waals surface area contributed by atoms with Gasteiger partial charge in [-0.05, 0) is 18.4 Å². The Kier molecular flexibility index (Phi) is 8.54. The standard InChI is InChI=1S/C17H30N2O2/c1-14(17(18)16-8-6-5-7-9-16)12-19(10-11-20-3)15(2)13-21-4/h5-9,14-15,17H,10-13,18H2,1-4H3. The fourth-order valence-corrected chi connectivity index (χ4v) is 2.53. The zero-order chi connectivity index (χ0) is 15.7. The molecule has 21 heavy (non-hydrogen) atoms. The van der Waals surface area contributed by atoms with Crippen LogP contribution in [0, 0.1) is 5.92 Å². The van der Waals surface area contributed by atoms with Gasteiger partial charge in [-0.1, -0.05) is 37.3 Å². The predicted molar refractivity (Wildman–Crippen MR) is 87.3 cm³/mol. The van der Waals surface area contributed by atoms with E-state index in [1.165, 1.54) is 5.56 Å². The first-order valence-corrected chi connectivity index (χ1v) is 7.62. The number of nitrogens with zero attached hydrogens (tertiary/aromatic N) is 1. The van der Waals surface area contributed by atoms with Crippen LogP contribution < -0.4 is 5.73 Å². The van der Waals surface area contributed by atoms with Gasteiger partial charge in [0.25, 0.3) is 0 Å². The maximum Gasteiger partial charge on any atom is 0.0615 e. The minimum Gasteiger partial charge on any atom is -0.383 e. The summed E-state index contributed by atoms with van der Waals surface area (Å²) in [5.41, 5.74) is 7.59. The van der Waals surface area contributed by atoms with Crippen molar-refractivity contribution in [2.24, 2.45) is 11.7 Å². The van der Waals surface area contributed by atoms with Crippen molar-refractivity contribution in [3.63, 3.8) is 0 Å². The molecule has 0 aliphatic rings. The van der Waals surface area contributed by atoms with Crippen LogP contribution in [-0.4, -0.2) is 51.5 Å². The molecule has 4 heteroatoms. The SMILES string of the molecule is COCCN(CC(C)C(N)c1ccccc1)C(C)COC. The molecular weight excluding hydrogens is 264 g/mol. The molecule has 2 N–H and O–H groups in total. The van der Waals surface area contributed by atoms with Crippen LogP contribution in [-0.2, 0) is 9.47 Å². The number of ether oxygens (including phenoxy) is 2. The molecule has 0 heterocycles. The molecule has 3 unspecified atom stereocenters. The van der Waals surface area contributed by atoms with Crippen LogP contribution in [0.15, 0.2) is 30.3 Å². The lowest BCUT2D eigenvalue weighted by atomic mass is 9.94. The monoisotopic (exact) mass is 294 g/mol. The molecule has 0 spiro atoms. The van der Waals surface area contributed by atoms with E-state index in [0.29, 0.717) is 12.0 Å². The Morgan fingerprint density at radius 3 is 2.33 bits per heavy atom. The van der Waals surface area contributed by atoms with Crippen LogP contribution in [0.25, 0.3) is 0 Å². The number of hydrogen-bond donors (Lipinski definition) is 1. The minimum absolute atomic E-state index is 0.0472. The zero-order valence-electron chi connectivity index (χ0n) is 13.8. The average molecular weight is 294 g/mol. The number of rotatable bonds is 10. The first kappa shape index (κ1) is 18.1. The Hall–Kier alpha value is -0.940. The maximum atomic E-state index is 6.40. The largest absolute Gasteiger partial charge is 0.383 e. The molecule has 3 atom stereocenters. The quantitative estimate of drug-likeness (QED) is 0.719. The van der Waals surface area contributed by atoms with Gasteiger partial charge in [0.2, 0.25) is 0 Å². The summed E-state index contributed by atoms with van der Waals surface area (Å²) < 4.78 is 10.5. The van der Waals surface area contributed by atoms with E-state index >= 15 is 0 Å². The van der Waals surface area contributed by atoms with Gasteiger partial charge in [0.15, 0.2) is 0 Å². The minimum atomic E-state index is 0.0472. The van der Waals surface area contributed by atoms with Crippen LogP contribution in [0.3, 0.4) is 0 Å². The van der Waals surface area contributed by atoms with Crippen molar-refractivity contribution in [3.05, 3.63) is 35.9 Å². The summed E-state index contributed by atoms with van der Waals surface area (Å²) in [7, 11) is 3.47. The third-order valence-corrected chi connectivity index (χ3v) is 3.93. The van der Waals surface area contributed by atoms with Gasteiger partial charge in [0, 0.05) is 39.4 Å². The molecule has 4 nitrogen and oxygen atoms in total. The average Bonchev–Trinajstić information content (AvgIpc) is 2.51. The van der Waals surface area contributed by atoms with Crippen molar-refractivity contribution in [2.45, 2.75) is 25.9 Å². The van der Waals surface area contributed by atoms with Gasteiger partial charge >= 0.3 is 0 Å². The second-order valence-electron chi connectivity index (χ2n) is 5.71. The summed E-state index contributed by atoms with van der Waals surface area (Å²) in [5.74, 6) is 0.364. The number of methoxy groups -OCH3 is 2. The highest BCUT2D eigenvalue weighted by Gasteiger charge is 2.21. The van der Waals surface area contributed by atoms with Gasteiger partial charge in [-0.15, -0.1) is 0 Å². The lowest BCUT2D eigenvalue weighted by molar-refractivity contribution is 0.0638. The summed E-state index contributed by atoms with van der Waals surface area (Å²) in [6.45, 7) is 7.66. The van der Waals surface area contributed by atoms with E-state index in [2.05, 4.69) is 30.9 Å². The molecule has 1 rings (SSSR count). The van der Waals surface area contributed by atoms with Gasteiger partial charge in [-0.25, -0.2) is 0 Å². The normalized spacial score (nSPS) is 15.9. The van der Waals surface area contributed by atoms with Crippen LogP contribution in [0.5, 0.6) is 0 Å². The van der Waals surface area contributed by atoms with E-state index in [1.807, 2.05) is 18.2 Å². The molecule has 0 saturated heterocycles. The van der Waals surface area contributed by atoms with Crippen LogP contribution in [0.4, 0.5) is 0 Å². The van der Waals surface area contributed by atoms with E-state index in [-0.39, 0.29) is 6.04 Å². The molecule has 0 radical (unpaired) electrons. The van der Waals surface area contributed by atoms with Crippen molar-refractivity contribution in [2.75, 3.05) is 40.5 Å². The zero-order valence-corrected chi connectivity index (χ0v) is 13.8. The Labute approximate surface area is 129 Å². The van der Waals surface area contributed by atoms with E-state index in [1.54, 1.807) is 14.2 Å². The molecule has 120 valence electrons. The van der Waals surface area contributed by atoms with Crippen LogP contribution in [0.1, 0.15) is 25.5 Å². The van der Waals surface area contributed by atoms with E-state index in [0.717, 1.165) is 26.3 Å². The predicted octanol–water partition coefficient (Wildman–Crippen LogP) is 2.31.